The fourth-order valence-electron chi connectivity index (χ4n) is 3.10. The fourth-order valence-corrected chi connectivity index (χ4v) is 3.10. The summed E-state index contributed by atoms with van der Waals surface area (Å²) in [5.74, 6) is -0.106. The normalized spacial score (nSPS) is 29.6. The number of hydrogen-bond donors (Lipinski definition) is 1. The SMILES string of the molecule is NC1(Cc2cc(F)cc([N+](=O)[O-])c2)CCOC1C1CC1. The molecule has 2 aliphatic rings. The van der Waals surface area contributed by atoms with Gasteiger partial charge < -0.3 is 10.5 Å². The standard InChI is InChI=1S/C14H17FN2O3/c15-11-5-9(6-12(7-11)17(18)19)8-14(16)3-4-20-13(14)10-1-2-10/h5-7,10,13H,1-4,8,16H2. The van der Waals surface area contributed by atoms with Crippen LogP contribution in [0.4, 0.5) is 10.1 Å². The number of halogens is 1. The van der Waals surface area contributed by atoms with Gasteiger partial charge in [0.05, 0.1) is 17.1 Å². The first-order valence-electron chi connectivity index (χ1n) is 6.82. The Morgan fingerprint density at radius 2 is 2.20 bits per heavy atom. The number of rotatable bonds is 4. The number of nitro groups is 1. The Morgan fingerprint density at radius 1 is 1.45 bits per heavy atom. The minimum atomic E-state index is -0.598. The summed E-state index contributed by atoms with van der Waals surface area (Å²) in [6.45, 7) is 0.606. The third-order valence-electron chi connectivity index (χ3n) is 4.17. The maximum absolute atomic E-state index is 13.5. The van der Waals surface area contributed by atoms with Gasteiger partial charge in [0.1, 0.15) is 5.82 Å². The zero-order valence-electron chi connectivity index (χ0n) is 11.0. The number of benzene rings is 1. The first-order chi connectivity index (χ1) is 9.48. The molecule has 0 spiro atoms. The molecule has 108 valence electrons. The smallest absolute Gasteiger partial charge is 0.272 e. The van der Waals surface area contributed by atoms with Gasteiger partial charge in [-0.25, -0.2) is 4.39 Å². The van der Waals surface area contributed by atoms with E-state index in [0.29, 0.717) is 30.9 Å². The van der Waals surface area contributed by atoms with Crippen molar-refractivity contribution in [3.05, 3.63) is 39.7 Å². The summed E-state index contributed by atoms with van der Waals surface area (Å²) in [6.07, 6.45) is 3.34. The average Bonchev–Trinajstić information content (AvgIpc) is 3.12. The predicted molar refractivity (Wildman–Crippen MR) is 70.8 cm³/mol. The number of nitrogens with two attached hydrogens (primary N) is 1. The molecule has 1 aliphatic carbocycles. The molecule has 1 aromatic carbocycles. The number of ether oxygens (including phenoxy) is 1. The minimum absolute atomic E-state index is 0.00942. The van der Waals surface area contributed by atoms with E-state index in [4.69, 9.17) is 10.5 Å². The van der Waals surface area contributed by atoms with Gasteiger partial charge in [-0.15, -0.1) is 0 Å². The molecule has 5 nitrogen and oxygen atoms in total. The molecule has 1 saturated heterocycles. The molecule has 2 unspecified atom stereocenters. The van der Waals surface area contributed by atoms with E-state index in [1.165, 1.54) is 12.1 Å². The van der Waals surface area contributed by atoms with Crippen molar-refractivity contribution in [1.82, 2.24) is 0 Å². The molecular weight excluding hydrogens is 263 g/mol. The lowest BCUT2D eigenvalue weighted by molar-refractivity contribution is -0.385. The molecule has 3 rings (SSSR count). The van der Waals surface area contributed by atoms with E-state index in [1.54, 1.807) is 0 Å². The van der Waals surface area contributed by atoms with E-state index in [0.717, 1.165) is 18.9 Å². The van der Waals surface area contributed by atoms with Gasteiger partial charge in [-0.2, -0.15) is 0 Å². The molecular formula is C14H17FN2O3. The van der Waals surface area contributed by atoms with Gasteiger partial charge in [0.2, 0.25) is 0 Å². The molecule has 0 aromatic heterocycles. The lowest BCUT2D eigenvalue weighted by Gasteiger charge is -2.30. The topological polar surface area (TPSA) is 78.4 Å². The highest BCUT2D eigenvalue weighted by atomic mass is 19.1. The van der Waals surface area contributed by atoms with Crippen LogP contribution in [-0.4, -0.2) is 23.2 Å². The van der Waals surface area contributed by atoms with Crippen LogP contribution in [0.3, 0.4) is 0 Å². The monoisotopic (exact) mass is 280 g/mol. The molecule has 1 saturated carbocycles. The Balaban J connectivity index is 1.84. The van der Waals surface area contributed by atoms with Crippen molar-refractivity contribution in [3.63, 3.8) is 0 Å². The quantitative estimate of drug-likeness (QED) is 0.677. The van der Waals surface area contributed by atoms with Crippen molar-refractivity contribution >= 4 is 5.69 Å². The maximum atomic E-state index is 13.5. The second-order valence-corrected chi connectivity index (χ2v) is 5.86. The summed E-state index contributed by atoms with van der Waals surface area (Å²) < 4.78 is 19.2. The highest BCUT2D eigenvalue weighted by Gasteiger charge is 2.48. The molecule has 6 heteroatoms. The second-order valence-electron chi connectivity index (χ2n) is 5.86. The molecule has 2 N–H and O–H groups in total. The van der Waals surface area contributed by atoms with Gasteiger partial charge in [-0.05, 0) is 43.2 Å². The number of nitro benzene ring substituents is 1. The van der Waals surface area contributed by atoms with E-state index >= 15 is 0 Å². The lowest BCUT2D eigenvalue weighted by Crippen LogP contribution is -2.50. The fraction of sp³-hybridized carbons (Fsp3) is 0.571. The Hall–Kier alpha value is -1.53. The van der Waals surface area contributed by atoms with Crippen molar-refractivity contribution in [2.24, 2.45) is 11.7 Å². The van der Waals surface area contributed by atoms with Crippen LogP contribution in [0.15, 0.2) is 18.2 Å². The first kappa shape index (κ1) is 13.5. The molecule has 2 fully saturated rings. The largest absolute Gasteiger partial charge is 0.376 e. The molecule has 1 aromatic rings. The molecule has 0 radical (unpaired) electrons. The van der Waals surface area contributed by atoms with Crippen molar-refractivity contribution in [3.8, 4) is 0 Å². The van der Waals surface area contributed by atoms with Gasteiger partial charge in [0.25, 0.3) is 5.69 Å². The van der Waals surface area contributed by atoms with Crippen molar-refractivity contribution in [2.45, 2.75) is 37.3 Å². The van der Waals surface area contributed by atoms with E-state index in [9.17, 15) is 14.5 Å². The number of hydrogen-bond acceptors (Lipinski definition) is 4. The van der Waals surface area contributed by atoms with Crippen LogP contribution in [0.2, 0.25) is 0 Å². The van der Waals surface area contributed by atoms with Gasteiger partial charge >= 0.3 is 0 Å². The summed E-state index contributed by atoms with van der Waals surface area (Å²) in [5.41, 5.74) is 6.23. The Bertz CT molecular complexity index is 547. The maximum Gasteiger partial charge on any atom is 0.272 e. The summed E-state index contributed by atoms with van der Waals surface area (Å²) in [5, 5.41) is 10.8. The molecule has 20 heavy (non-hydrogen) atoms. The molecule has 2 atom stereocenters. The van der Waals surface area contributed by atoms with Crippen molar-refractivity contribution in [1.29, 1.82) is 0 Å². The van der Waals surface area contributed by atoms with E-state index < -0.39 is 16.3 Å². The van der Waals surface area contributed by atoms with Crippen LogP contribution >= 0.6 is 0 Å². The van der Waals surface area contributed by atoms with Crippen LogP contribution in [0.25, 0.3) is 0 Å². The third-order valence-corrected chi connectivity index (χ3v) is 4.17. The Kier molecular flexibility index (Phi) is 3.22. The highest BCUT2D eigenvalue weighted by Crippen LogP contribution is 2.43. The van der Waals surface area contributed by atoms with Crippen LogP contribution in [0.1, 0.15) is 24.8 Å². The van der Waals surface area contributed by atoms with E-state index in [2.05, 4.69) is 0 Å². The van der Waals surface area contributed by atoms with Gasteiger partial charge in [-0.1, -0.05) is 0 Å². The Labute approximate surface area is 116 Å². The van der Waals surface area contributed by atoms with E-state index in [1.807, 2.05) is 0 Å². The van der Waals surface area contributed by atoms with E-state index in [-0.39, 0.29) is 11.8 Å². The predicted octanol–water partition coefficient (Wildman–Crippen LogP) is 2.17. The average molecular weight is 280 g/mol. The zero-order chi connectivity index (χ0) is 14.3. The van der Waals surface area contributed by atoms with Crippen molar-refractivity contribution in [2.75, 3.05) is 6.61 Å². The number of non-ortho nitro benzene ring substituents is 1. The molecule has 1 aliphatic heterocycles. The summed E-state index contributed by atoms with van der Waals surface area (Å²) in [4.78, 5) is 10.2. The van der Waals surface area contributed by atoms with Gasteiger partial charge in [0.15, 0.2) is 0 Å². The summed E-state index contributed by atoms with van der Waals surface area (Å²) in [7, 11) is 0. The molecule has 0 bridgehead atoms. The highest BCUT2D eigenvalue weighted by molar-refractivity contribution is 5.36. The van der Waals surface area contributed by atoms with Crippen LogP contribution in [0.5, 0.6) is 0 Å². The second kappa shape index (κ2) is 4.79. The molecule has 1 heterocycles. The van der Waals surface area contributed by atoms with Crippen LogP contribution in [-0.2, 0) is 11.2 Å². The summed E-state index contributed by atoms with van der Waals surface area (Å²) in [6, 6.07) is 3.65. The molecule has 0 amide bonds. The van der Waals surface area contributed by atoms with Gasteiger partial charge in [0, 0.05) is 18.2 Å². The van der Waals surface area contributed by atoms with Crippen LogP contribution < -0.4 is 5.73 Å². The first-order valence-corrected chi connectivity index (χ1v) is 6.82. The lowest BCUT2D eigenvalue weighted by atomic mass is 9.83. The number of nitrogens with zero attached hydrogens (tertiary/aromatic N) is 1. The third kappa shape index (κ3) is 2.53. The minimum Gasteiger partial charge on any atom is -0.376 e. The Morgan fingerprint density at radius 3 is 2.85 bits per heavy atom. The van der Waals surface area contributed by atoms with Crippen molar-refractivity contribution < 1.29 is 14.1 Å². The van der Waals surface area contributed by atoms with Gasteiger partial charge in [-0.3, -0.25) is 10.1 Å². The zero-order valence-corrected chi connectivity index (χ0v) is 11.0. The van der Waals surface area contributed by atoms with Crippen LogP contribution in [0, 0.1) is 21.8 Å². The summed E-state index contributed by atoms with van der Waals surface area (Å²) >= 11 is 0.